The van der Waals surface area contributed by atoms with Crippen molar-refractivity contribution in [2.45, 2.75) is 30.8 Å². The number of hydrogen-bond donors (Lipinski definition) is 3. The van der Waals surface area contributed by atoms with Crippen molar-refractivity contribution in [3.05, 3.63) is 94.9 Å². The Bertz CT molecular complexity index is 1710. The number of amides is 2. The van der Waals surface area contributed by atoms with Gasteiger partial charge in [-0.15, -0.1) is 0 Å². The number of halogens is 2. The zero-order valence-electron chi connectivity index (χ0n) is 21.1. The highest BCUT2D eigenvalue weighted by atomic mass is 32.2. The third-order valence-corrected chi connectivity index (χ3v) is 8.65. The number of nitrogens with one attached hydrogen (secondary N) is 3. The fraction of sp³-hybridized carbons (Fsp3) is 0.192. The largest absolute Gasteiger partial charge is 0.347 e. The number of sulfonamides is 1. The smallest absolute Gasteiger partial charge is 0.272 e. The Hall–Kier alpha value is -4.36. The van der Waals surface area contributed by atoms with Crippen molar-refractivity contribution in [1.82, 2.24) is 19.1 Å². The van der Waals surface area contributed by atoms with Gasteiger partial charge in [0.25, 0.3) is 11.8 Å². The average molecular weight is 555 g/mol. The molecule has 39 heavy (non-hydrogen) atoms. The second kappa shape index (κ2) is 9.43. The van der Waals surface area contributed by atoms with Crippen LogP contribution in [0.1, 0.15) is 46.0 Å². The van der Waals surface area contributed by atoms with Crippen molar-refractivity contribution in [3.8, 4) is 0 Å². The van der Waals surface area contributed by atoms with Crippen LogP contribution in [-0.4, -0.2) is 39.3 Å². The summed E-state index contributed by atoms with van der Waals surface area (Å²) in [6, 6.07) is 11.9. The van der Waals surface area contributed by atoms with Crippen molar-refractivity contribution < 1.29 is 26.8 Å². The van der Waals surface area contributed by atoms with Crippen molar-refractivity contribution in [2.24, 2.45) is 7.05 Å². The predicted molar refractivity (Wildman–Crippen MR) is 138 cm³/mol. The highest BCUT2D eigenvalue weighted by molar-refractivity contribution is 7.89. The predicted octanol–water partition coefficient (Wildman–Crippen LogP) is 3.97. The first-order valence-electron chi connectivity index (χ1n) is 11.8. The molecule has 0 saturated heterocycles. The normalized spacial score (nSPS) is 14.7. The molecule has 0 atom stereocenters. The number of nitrogens with zero attached hydrogens (tertiary/aromatic N) is 3. The van der Waals surface area contributed by atoms with E-state index in [1.807, 2.05) is 0 Å². The van der Waals surface area contributed by atoms with Crippen LogP contribution in [0, 0.1) is 11.6 Å². The number of carbonyl (C=O) groups is 2. The van der Waals surface area contributed by atoms with E-state index in [1.54, 1.807) is 62.0 Å². The summed E-state index contributed by atoms with van der Waals surface area (Å²) in [5, 5.41) is 12.4. The number of H-pyrrole nitrogens is 1. The molecule has 5 rings (SSSR count). The molecule has 0 saturated carbocycles. The van der Waals surface area contributed by atoms with Gasteiger partial charge < -0.3 is 15.2 Å². The quantitative estimate of drug-likeness (QED) is 0.332. The number of aromatic nitrogens is 3. The van der Waals surface area contributed by atoms with E-state index in [9.17, 15) is 26.8 Å². The number of para-hydroxylation sites is 1. The molecule has 1 aliphatic rings. The molecule has 202 valence electrons. The van der Waals surface area contributed by atoms with E-state index < -0.39 is 43.9 Å². The molecule has 2 amide bonds. The second-order valence-electron chi connectivity index (χ2n) is 9.56. The maximum absolute atomic E-state index is 13.8. The maximum atomic E-state index is 13.8. The highest BCUT2D eigenvalue weighted by Crippen LogP contribution is 2.44. The molecular formula is C26H24F2N6O4S. The summed E-state index contributed by atoms with van der Waals surface area (Å²) in [5.41, 5.74) is 0.480. The molecule has 13 heteroatoms. The molecule has 3 heterocycles. The SMILES string of the molecule is Cn1cccc1C(=O)Nc1ccccc1C(=O)Nc1n[nH]c2c1CN(S(=O)(=O)c1cc(F)cc(F)c1)C2(C)C. The van der Waals surface area contributed by atoms with Gasteiger partial charge in [-0.1, -0.05) is 12.1 Å². The van der Waals surface area contributed by atoms with Gasteiger partial charge in [-0.3, -0.25) is 14.7 Å². The minimum absolute atomic E-state index is 0.0924. The van der Waals surface area contributed by atoms with Crippen LogP contribution in [-0.2, 0) is 29.2 Å². The lowest BCUT2D eigenvalue weighted by Crippen LogP contribution is -2.40. The molecule has 0 spiro atoms. The van der Waals surface area contributed by atoms with Gasteiger partial charge in [-0.05, 0) is 50.2 Å². The Labute approximate surface area is 222 Å². The van der Waals surface area contributed by atoms with Gasteiger partial charge in [0.15, 0.2) is 5.82 Å². The molecule has 3 N–H and O–H groups in total. The molecule has 2 aromatic carbocycles. The van der Waals surface area contributed by atoms with Crippen LogP contribution >= 0.6 is 0 Å². The van der Waals surface area contributed by atoms with E-state index in [0.717, 1.165) is 16.4 Å². The molecule has 0 aliphatic carbocycles. The monoisotopic (exact) mass is 554 g/mol. The van der Waals surface area contributed by atoms with Crippen LogP contribution in [0.15, 0.2) is 65.7 Å². The lowest BCUT2D eigenvalue weighted by atomic mass is 10.0. The fourth-order valence-electron chi connectivity index (χ4n) is 4.63. The number of carbonyl (C=O) groups excluding carboxylic acids is 2. The number of benzene rings is 2. The summed E-state index contributed by atoms with van der Waals surface area (Å²) in [5.74, 6) is -2.93. The van der Waals surface area contributed by atoms with Gasteiger partial charge in [0.05, 0.1) is 27.4 Å². The number of aryl methyl sites for hydroxylation is 1. The number of aromatic amines is 1. The van der Waals surface area contributed by atoms with Gasteiger partial charge in [0.2, 0.25) is 10.0 Å². The minimum Gasteiger partial charge on any atom is -0.347 e. The van der Waals surface area contributed by atoms with Crippen LogP contribution in [0.5, 0.6) is 0 Å². The van der Waals surface area contributed by atoms with Crippen LogP contribution < -0.4 is 10.6 Å². The zero-order chi connectivity index (χ0) is 28.1. The highest BCUT2D eigenvalue weighted by Gasteiger charge is 2.48. The van der Waals surface area contributed by atoms with E-state index >= 15 is 0 Å². The maximum Gasteiger partial charge on any atom is 0.272 e. The number of hydrogen-bond acceptors (Lipinski definition) is 5. The van der Waals surface area contributed by atoms with Crippen molar-refractivity contribution in [3.63, 3.8) is 0 Å². The third-order valence-electron chi connectivity index (χ3n) is 6.66. The van der Waals surface area contributed by atoms with Crippen molar-refractivity contribution in [2.75, 3.05) is 10.6 Å². The standard InChI is InChI=1S/C26H24F2N6O4S/c1-26(2)22-19(14-34(26)39(37,38)17-12-15(27)11-16(28)13-17)23(32-31-22)30-24(35)18-7-4-5-8-20(18)29-25(36)21-9-6-10-33(21)3/h4-13H,14H2,1-3H3,(H,29,36)(H2,30,31,32,35). The minimum atomic E-state index is -4.33. The van der Waals surface area contributed by atoms with Crippen molar-refractivity contribution >= 4 is 33.3 Å². The molecule has 0 radical (unpaired) electrons. The van der Waals surface area contributed by atoms with Crippen LogP contribution in [0.3, 0.4) is 0 Å². The van der Waals surface area contributed by atoms with E-state index in [4.69, 9.17) is 0 Å². The summed E-state index contributed by atoms with van der Waals surface area (Å²) in [7, 11) is -2.60. The Morgan fingerprint density at radius 1 is 1.00 bits per heavy atom. The Morgan fingerprint density at radius 2 is 1.69 bits per heavy atom. The number of rotatable bonds is 6. The number of fused-ring (bicyclic) bond motifs is 1. The molecular weight excluding hydrogens is 530 g/mol. The first kappa shape index (κ1) is 26.3. The first-order chi connectivity index (χ1) is 18.4. The van der Waals surface area contributed by atoms with Crippen molar-refractivity contribution in [1.29, 1.82) is 0 Å². The van der Waals surface area contributed by atoms with Crippen LogP contribution in [0.25, 0.3) is 0 Å². The average Bonchev–Trinajstić information content (AvgIpc) is 3.54. The van der Waals surface area contributed by atoms with Gasteiger partial charge in [-0.2, -0.15) is 9.40 Å². The Kier molecular flexibility index (Phi) is 6.35. The molecule has 0 bridgehead atoms. The molecule has 4 aromatic rings. The summed E-state index contributed by atoms with van der Waals surface area (Å²) in [6.45, 7) is 3.02. The molecule has 0 unspecified atom stereocenters. The first-order valence-corrected chi connectivity index (χ1v) is 13.2. The molecule has 0 fully saturated rings. The molecule has 10 nitrogen and oxygen atoms in total. The molecule has 1 aliphatic heterocycles. The van der Waals surface area contributed by atoms with E-state index in [1.165, 1.54) is 6.07 Å². The van der Waals surface area contributed by atoms with Gasteiger partial charge in [0, 0.05) is 31.4 Å². The topological polar surface area (TPSA) is 129 Å². The lowest BCUT2D eigenvalue weighted by Gasteiger charge is -2.30. The zero-order valence-corrected chi connectivity index (χ0v) is 21.9. The Balaban J connectivity index is 1.41. The number of anilines is 2. The van der Waals surface area contributed by atoms with E-state index in [0.29, 0.717) is 23.0 Å². The summed E-state index contributed by atoms with van der Waals surface area (Å²) < 4.78 is 57.1. The lowest BCUT2D eigenvalue weighted by molar-refractivity contribution is 0.101. The van der Waals surface area contributed by atoms with Crippen LogP contribution in [0.2, 0.25) is 0 Å². The van der Waals surface area contributed by atoms with Gasteiger partial charge >= 0.3 is 0 Å². The second-order valence-corrected chi connectivity index (χ2v) is 11.4. The Morgan fingerprint density at radius 3 is 2.36 bits per heavy atom. The summed E-state index contributed by atoms with van der Waals surface area (Å²) in [6.07, 6.45) is 1.72. The third kappa shape index (κ3) is 4.59. The fourth-order valence-corrected chi connectivity index (χ4v) is 6.40. The van der Waals surface area contributed by atoms with E-state index in [-0.39, 0.29) is 23.6 Å². The van der Waals surface area contributed by atoms with Gasteiger partial charge in [-0.25, -0.2) is 17.2 Å². The summed E-state index contributed by atoms with van der Waals surface area (Å²) in [4.78, 5) is 25.5. The summed E-state index contributed by atoms with van der Waals surface area (Å²) >= 11 is 0. The molecule has 2 aromatic heterocycles. The van der Waals surface area contributed by atoms with Crippen LogP contribution in [0.4, 0.5) is 20.3 Å². The van der Waals surface area contributed by atoms with Gasteiger partial charge in [0.1, 0.15) is 17.3 Å². The van der Waals surface area contributed by atoms with E-state index in [2.05, 4.69) is 20.8 Å².